The third-order valence-electron chi connectivity index (χ3n) is 4.69. The van der Waals surface area contributed by atoms with Crippen molar-refractivity contribution in [3.63, 3.8) is 0 Å². The Kier molecular flexibility index (Phi) is 6.43. The molecular weight excluding hydrogens is 376 g/mol. The average molecular weight is 403 g/mol. The van der Waals surface area contributed by atoms with Crippen LogP contribution in [0.2, 0.25) is 0 Å². The van der Waals surface area contributed by atoms with Crippen LogP contribution in [0.4, 0.5) is 0 Å². The highest BCUT2D eigenvalue weighted by Gasteiger charge is 2.22. The third-order valence-corrected chi connectivity index (χ3v) is 6.33. The molecule has 0 unspecified atom stereocenters. The van der Waals surface area contributed by atoms with Crippen molar-refractivity contribution in [2.24, 2.45) is 0 Å². The first-order chi connectivity index (χ1) is 13.5. The van der Waals surface area contributed by atoms with Crippen molar-refractivity contribution >= 4 is 20.7 Å². The molecule has 0 saturated carbocycles. The maximum absolute atomic E-state index is 12.4. The van der Waals surface area contributed by atoms with Gasteiger partial charge in [0.1, 0.15) is 0 Å². The number of imidazole rings is 1. The number of methoxy groups -OCH3 is 1. The summed E-state index contributed by atoms with van der Waals surface area (Å²) in [5, 5.41) is 1.24. The van der Waals surface area contributed by atoms with E-state index < -0.39 is 9.84 Å². The van der Waals surface area contributed by atoms with Crippen LogP contribution in [0.5, 0.6) is 0 Å². The maximum atomic E-state index is 12.4. The van der Waals surface area contributed by atoms with Crippen LogP contribution in [-0.2, 0) is 34.2 Å². The number of sulfone groups is 1. The van der Waals surface area contributed by atoms with Gasteiger partial charge in [0.2, 0.25) is 15.0 Å². The van der Waals surface area contributed by atoms with E-state index in [-0.39, 0.29) is 10.9 Å². The van der Waals surface area contributed by atoms with E-state index in [4.69, 9.17) is 4.74 Å². The van der Waals surface area contributed by atoms with Crippen LogP contribution >= 0.6 is 0 Å². The summed E-state index contributed by atoms with van der Waals surface area (Å²) >= 11 is 0. The number of para-hydroxylation sites is 1. The molecule has 3 aromatic rings. The molecule has 2 aromatic heterocycles. The third kappa shape index (κ3) is 4.40. The summed E-state index contributed by atoms with van der Waals surface area (Å²) in [6.45, 7) is 3.80. The highest BCUT2D eigenvalue weighted by atomic mass is 32.2. The fourth-order valence-electron chi connectivity index (χ4n) is 3.23. The molecule has 0 aliphatic rings. The number of hydrogen-bond acceptors (Lipinski definition) is 6. The van der Waals surface area contributed by atoms with Crippen LogP contribution in [0.15, 0.2) is 47.9 Å². The molecule has 0 bridgehead atoms. The molecular formula is C20H26N4O3S. The second-order valence-electron chi connectivity index (χ2n) is 6.74. The lowest BCUT2D eigenvalue weighted by atomic mass is 10.1. The minimum absolute atomic E-state index is 0.0231. The largest absolute Gasteiger partial charge is 0.383 e. The number of ether oxygens (including phenoxy) is 1. The molecule has 0 amide bonds. The Labute approximate surface area is 165 Å². The van der Waals surface area contributed by atoms with Gasteiger partial charge in [-0.2, -0.15) is 0 Å². The van der Waals surface area contributed by atoms with Crippen LogP contribution < -0.4 is 0 Å². The summed E-state index contributed by atoms with van der Waals surface area (Å²) in [6.07, 6.45) is 3.47. The van der Waals surface area contributed by atoms with Gasteiger partial charge in [-0.15, -0.1) is 0 Å². The molecule has 1 aromatic carbocycles. The summed E-state index contributed by atoms with van der Waals surface area (Å²) in [5.74, 6) is 0.0231. The van der Waals surface area contributed by atoms with Gasteiger partial charge in [-0.05, 0) is 24.7 Å². The Balaban J connectivity index is 1.84. The Bertz CT molecular complexity index is 1040. The zero-order chi connectivity index (χ0) is 20.1. The molecule has 0 fully saturated rings. The van der Waals surface area contributed by atoms with Gasteiger partial charge < -0.3 is 9.30 Å². The Morgan fingerprint density at radius 2 is 1.93 bits per heavy atom. The molecule has 0 saturated heterocycles. The standard InChI is InChI=1S/C20H26N4O3S/c1-4-28(25,26)20-22-13-17(24(20)11-12-27-3)15-23(2)14-16-9-10-21-19-8-6-5-7-18(16)19/h5-10,13H,4,11-12,14-15H2,1-3H3. The topological polar surface area (TPSA) is 77.3 Å². The fraction of sp³-hybridized carbons (Fsp3) is 0.400. The van der Waals surface area contributed by atoms with E-state index in [0.29, 0.717) is 26.2 Å². The molecule has 0 N–H and O–H groups in total. The predicted octanol–water partition coefficient (Wildman–Crippen LogP) is 2.50. The zero-order valence-corrected chi connectivity index (χ0v) is 17.3. The Hall–Kier alpha value is -2.29. The normalized spacial score (nSPS) is 12.1. The maximum Gasteiger partial charge on any atom is 0.227 e. The van der Waals surface area contributed by atoms with Crippen LogP contribution in [0.25, 0.3) is 10.9 Å². The van der Waals surface area contributed by atoms with E-state index in [9.17, 15) is 8.42 Å². The SMILES string of the molecule is CCS(=O)(=O)c1ncc(CN(C)Cc2ccnc3ccccc23)n1CCOC. The summed E-state index contributed by atoms with van der Waals surface area (Å²) in [7, 11) is 0.221. The number of fused-ring (bicyclic) bond motifs is 1. The van der Waals surface area contributed by atoms with Gasteiger partial charge in [-0.25, -0.2) is 13.4 Å². The van der Waals surface area contributed by atoms with Gasteiger partial charge in [0.25, 0.3) is 0 Å². The van der Waals surface area contributed by atoms with Gasteiger partial charge in [0.15, 0.2) is 0 Å². The van der Waals surface area contributed by atoms with E-state index in [1.54, 1.807) is 24.8 Å². The van der Waals surface area contributed by atoms with Crippen LogP contribution in [0, 0.1) is 0 Å². The van der Waals surface area contributed by atoms with E-state index in [2.05, 4.69) is 20.9 Å². The van der Waals surface area contributed by atoms with Crippen LogP contribution in [0.3, 0.4) is 0 Å². The number of benzene rings is 1. The van der Waals surface area contributed by atoms with Crippen molar-refractivity contribution < 1.29 is 13.2 Å². The zero-order valence-electron chi connectivity index (χ0n) is 16.5. The summed E-state index contributed by atoms with van der Waals surface area (Å²) in [4.78, 5) is 10.8. The van der Waals surface area contributed by atoms with E-state index in [0.717, 1.165) is 16.6 Å². The van der Waals surface area contributed by atoms with Crippen molar-refractivity contribution in [1.82, 2.24) is 19.4 Å². The average Bonchev–Trinajstić information content (AvgIpc) is 3.09. The minimum atomic E-state index is -3.39. The fourth-order valence-corrected chi connectivity index (χ4v) is 4.25. The second-order valence-corrected chi connectivity index (χ2v) is 8.91. The number of nitrogens with zero attached hydrogens (tertiary/aromatic N) is 4. The quantitative estimate of drug-likeness (QED) is 0.547. The van der Waals surface area contributed by atoms with Gasteiger partial charge >= 0.3 is 0 Å². The van der Waals surface area contributed by atoms with E-state index in [1.165, 1.54) is 5.56 Å². The number of rotatable bonds is 9. The highest BCUT2D eigenvalue weighted by Crippen LogP contribution is 2.19. The van der Waals surface area contributed by atoms with Gasteiger partial charge in [-0.1, -0.05) is 25.1 Å². The number of aromatic nitrogens is 3. The van der Waals surface area contributed by atoms with Crippen molar-refractivity contribution in [2.45, 2.75) is 31.7 Å². The molecule has 0 spiro atoms. The molecule has 0 atom stereocenters. The monoisotopic (exact) mass is 402 g/mol. The molecule has 0 aliphatic carbocycles. The van der Waals surface area contributed by atoms with Gasteiger partial charge in [0.05, 0.1) is 29.8 Å². The van der Waals surface area contributed by atoms with Crippen molar-refractivity contribution in [1.29, 1.82) is 0 Å². The first kappa shape index (κ1) is 20.4. The molecule has 0 radical (unpaired) electrons. The van der Waals surface area contributed by atoms with Crippen molar-refractivity contribution in [2.75, 3.05) is 26.5 Å². The molecule has 8 heteroatoms. The van der Waals surface area contributed by atoms with Gasteiger partial charge in [0, 0.05) is 38.3 Å². The molecule has 28 heavy (non-hydrogen) atoms. The lowest BCUT2D eigenvalue weighted by Crippen LogP contribution is -2.22. The Morgan fingerprint density at radius 3 is 2.68 bits per heavy atom. The van der Waals surface area contributed by atoms with Crippen LogP contribution in [0.1, 0.15) is 18.2 Å². The van der Waals surface area contributed by atoms with Crippen molar-refractivity contribution in [3.8, 4) is 0 Å². The lowest BCUT2D eigenvalue weighted by Gasteiger charge is -2.19. The molecule has 2 heterocycles. The highest BCUT2D eigenvalue weighted by molar-refractivity contribution is 7.91. The number of pyridine rings is 1. The first-order valence-electron chi connectivity index (χ1n) is 9.23. The smallest absolute Gasteiger partial charge is 0.227 e. The second kappa shape index (κ2) is 8.81. The molecule has 3 rings (SSSR count). The lowest BCUT2D eigenvalue weighted by molar-refractivity contribution is 0.182. The molecule has 0 aliphatic heterocycles. The van der Waals surface area contributed by atoms with Gasteiger partial charge in [-0.3, -0.25) is 9.88 Å². The molecule has 150 valence electrons. The van der Waals surface area contributed by atoms with E-state index in [1.807, 2.05) is 37.5 Å². The molecule has 7 nitrogen and oxygen atoms in total. The summed E-state index contributed by atoms with van der Waals surface area (Å²) in [6, 6.07) is 10.1. The summed E-state index contributed by atoms with van der Waals surface area (Å²) < 4.78 is 31.7. The minimum Gasteiger partial charge on any atom is -0.383 e. The van der Waals surface area contributed by atoms with E-state index >= 15 is 0 Å². The Morgan fingerprint density at radius 1 is 1.14 bits per heavy atom. The van der Waals surface area contributed by atoms with Crippen molar-refractivity contribution in [3.05, 3.63) is 54.0 Å². The first-order valence-corrected chi connectivity index (χ1v) is 10.9. The van der Waals surface area contributed by atoms with Crippen LogP contribution in [-0.4, -0.2) is 54.4 Å². The summed E-state index contributed by atoms with van der Waals surface area (Å²) in [5.41, 5.74) is 3.00. The number of hydrogen-bond donors (Lipinski definition) is 0. The predicted molar refractivity (Wildman–Crippen MR) is 109 cm³/mol.